The van der Waals surface area contributed by atoms with E-state index in [0.29, 0.717) is 17.5 Å². The van der Waals surface area contributed by atoms with E-state index < -0.39 is 0 Å². The first-order chi connectivity index (χ1) is 9.60. The first-order valence-corrected chi connectivity index (χ1v) is 6.14. The van der Waals surface area contributed by atoms with Crippen molar-refractivity contribution in [1.82, 2.24) is 4.98 Å². The van der Waals surface area contributed by atoms with E-state index in [-0.39, 0.29) is 23.0 Å². The number of aromatic nitrogens is 1. The van der Waals surface area contributed by atoms with Crippen LogP contribution >= 0.6 is 0 Å². The van der Waals surface area contributed by atoms with E-state index in [2.05, 4.69) is 4.98 Å². The lowest BCUT2D eigenvalue weighted by molar-refractivity contribution is 0.314. The molecule has 2 N–H and O–H groups in total. The fourth-order valence-corrected chi connectivity index (χ4v) is 2.14. The lowest BCUT2D eigenvalue weighted by Crippen LogP contribution is -1.99. The second-order valence-corrected chi connectivity index (χ2v) is 4.41. The van der Waals surface area contributed by atoms with Crippen LogP contribution < -0.4 is 9.47 Å². The Morgan fingerprint density at radius 3 is 2.30 bits per heavy atom. The van der Waals surface area contributed by atoms with Crippen molar-refractivity contribution < 1.29 is 19.7 Å². The van der Waals surface area contributed by atoms with Crippen molar-refractivity contribution >= 4 is 0 Å². The highest BCUT2D eigenvalue weighted by Gasteiger charge is 2.23. The van der Waals surface area contributed by atoms with Gasteiger partial charge in [-0.2, -0.15) is 0 Å². The molecule has 2 rings (SSSR count). The van der Waals surface area contributed by atoms with Gasteiger partial charge < -0.3 is 19.7 Å². The molecule has 0 saturated carbocycles. The van der Waals surface area contributed by atoms with Crippen LogP contribution in [0.4, 0.5) is 0 Å². The van der Waals surface area contributed by atoms with Crippen LogP contribution in [-0.2, 0) is 6.42 Å². The summed E-state index contributed by atoms with van der Waals surface area (Å²) in [6.45, 7) is 1.72. The first-order valence-electron chi connectivity index (χ1n) is 6.14. The third kappa shape index (κ3) is 2.34. The minimum Gasteiger partial charge on any atom is -0.504 e. The number of pyridine rings is 1. The standard InChI is InChI=1S/C15H17NO4/c1-9-11(7-10-5-4-6-16-8-10)13(18)15(20-3)14(19-2)12(9)17/h4-6,8,17-18H,7H2,1-3H3. The third-order valence-corrected chi connectivity index (χ3v) is 3.24. The minimum atomic E-state index is -0.0268. The molecule has 0 radical (unpaired) electrons. The maximum absolute atomic E-state index is 10.3. The van der Waals surface area contributed by atoms with Gasteiger partial charge >= 0.3 is 0 Å². The van der Waals surface area contributed by atoms with Crippen LogP contribution in [0.5, 0.6) is 23.0 Å². The number of aromatic hydroxyl groups is 2. The average Bonchev–Trinajstić information content (AvgIpc) is 2.48. The Balaban J connectivity index is 2.56. The van der Waals surface area contributed by atoms with Gasteiger partial charge in [0.05, 0.1) is 14.2 Å². The molecule has 0 spiro atoms. The zero-order valence-electron chi connectivity index (χ0n) is 11.7. The van der Waals surface area contributed by atoms with Crippen molar-refractivity contribution in [2.75, 3.05) is 14.2 Å². The largest absolute Gasteiger partial charge is 0.504 e. The highest BCUT2D eigenvalue weighted by Crippen LogP contribution is 2.48. The molecule has 1 heterocycles. The molecule has 0 aliphatic carbocycles. The van der Waals surface area contributed by atoms with Gasteiger partial charge in [0.15, 0.2) is 11.5 Å². The van der Waals surface area contributed by atoms with Gasteiger partial charge in [-0.1, -0.05) is 6.07 Å². The Morgan fingerprint density at radius 1 is 1.10 bits per heavy atom. The number of hydrogen-bond acceptors (Lipinski definition) is 5. The molecule has 106 valence electrons. The zero-order valence-corrected chi connectivity index (χ0v) is 11.7. The Kier molecular flexibility index (Phi) is 3.98. The van der Waals surface area contributed by atoms with Crippen molar-refractivity contribution in [1.29, 1.82) is 0 Å². The van der Waals surface area contributed by atoms with E-state index in [1.165, 1.54) is 14.2 Å². The van der Waals surface area contributed by atoms with Crippen LogP contribution in [0.15, 0.2) is 24.5 Å². The van der Waals surface area contributed by atoms with E-state index >= 15 is 0 Å². The predicted molar refractivity (Wildman–Crippen MR) is 74.7 cm³/mol. The molecule has 2 aromatic rings. The number of ether oxygens (including phenoxy) is 2. The van der Waals surface area contributed by atoms with Gasteiger partial charge in [-0.15, -0.1) is 0 Å². The van der Waals surface area contributed by atoms with Gasteiger partial charge in [-0.25, -0.2) is 0 Å². The molecule has 5 nitrogen and oxygen atoms in total. The minimum absolute atomic E-state index is 0.0245. The molecule has 0 bridgehead atoms. The monoisotopic (exact) mass is 275 g/mol. The number of benzene rings is 1. The molecular weight excluding hydrogens is 258 g/mol. The van der Waals surface area contributed by atoms with Gasteiger partial charge in [-0.05, 0) is 18.6 Å². The molecule has 5 heteroatoms. The molecule has 1 aromatic carbocycles. The normalized spacial score (nSPS) is 10.3. The fraction of sp³-hybridized carbons (Fsp3) is 0.267. The van der Waals surface area contributed by atoms with Crippen molar-refractivity contribution in [3.63, 3.8) is 0 Å². The van der Waals surface area contributed by atoms with Crippen molar-refractivity contribution in [2.45, 2.75) is 13.3 Å². The van der Waals surface area contributed by atoms with Crippen LogP contribution in [0.25, 0.3) is 0 Å². The quantitative estimate of drug-likeness (QED) is 0.838. The molecule has 0 fully saturated rings. The van der Waals surface area contributed by atoms with E-state index in [9.17, 15) is 10.2 Å². The Bertz CT molecular complexity index is 611. The van der Waals surface area contributed by atoms with Gasteiger partial charge in [0.2, 0.25) is 11.5 Å². The molecule has 1 aromatic heterocycles. The summed E-state index contributed by atoms with van der Waals surface area (Å²) in [7, 11) is 2.83. The average molecular weight is 275 g/mol. The van der Waals surface area contributed by atoms with Crippen LogP contribution in [0.2, 0.25) is 0 Å². The van der Waals surface area contributed by atoms with Crippen LogP contribution in [0.3, 0.4) is 0 Å². The second-order valence-electron chi connectivity index (χ2n) is 4.41. The van der Waals surface area contributed by atoms with Gasteiger partial charge in [0, 0.05) is 29.9 Å². The lowest BCUT2D eigenvalue weighted by atomic mass is 9.98. The van der Waals surface area contributed by atoms with Crippen LogP contribution in [-0.4, -0.2) is 29.4 Å². The topological polar surface area (TPSA) is 71.8 Å². The number of hydrogen-bond donors (Lipinski definition) is 2. The summed E-state index contributed by atoms with van der Waals surface area (Å²) in [5.74, 6) is 0.219. The van der Waals surface area contributed by atoms with Crippen LogP contribution in [0.1, 0.15) is 16.7 Å². The van der Waals surface area contributed by atoms with E-state index in [1.54, 1.807) is 19.3 Å². The molecule has 0 saturated heterocycles. The number of phenolic OH excluding ortho intramolecular Hbond substituents is 2. The predicted octanol–water partition coefficient (Wildman–Crippen LogP) is 2.41. The summed E-state index contributed by atoms with van der Waals surface area (Å²) >= 11 is 0. The molecule has 0 unspecified atom stereocenters. The number of nitrogens with zero attached hydrogens (tertiary/aromatic N) is 1. The highest BCUT2D eigenvalue weighted by atomic mass is 16.5. The molecule has 0 aliphatic heterocycles. The van der Waals surface area contributed by atoms with E-state index in [0.717, 1.165) is 5.56 Å². The fourth-order valence-electron chi connectivity index (χ4n) is 2.14. The number of rotatable bonds is 4. The highest BCUT2D eigenvalue weighted by molar-refractivity contribution is 5.66. The van der Waals surface area contributed by atoms with Gasteiger partial charge in [-0.3, -0.25) is 4.98 Å². The van der Waals surface area contributed by atoms with Crippen molar-refractivity contribution in [3.8, 4) is 23.0 Å². The van der Waals surface area contributed by atoms with Crippen molar-refractivity contribution in [2.24, 2.45) is 0 Å². The number of phenols is 2. The summed E-state index contributed by atoms with van der Waals surface area (Å²) in [6.07, 6.45) is 3.84. The van der Waals surface area contributed by atoms with Gasteiger partial charge in [0.25, 0.3) is 0 Å². The molecule has 0 atom stereocenters. The molecule has 20 heavy (non-hydrogen) atoms. The SMILES string of the molecule is COc1c(O)c(C)c(Cc2cccnc2)c(O)c1OC. The maximum atomic E-state index is 10.3. The van der Waals surface area contributed by atoms with Crippen molar-refractivity contribution in [3.05, 3.63) is 41.2 Å². The lowest BCUT2D eigenvalue weighted by Gasteiger charge is -2.17. The molecule has 0 amide bonds. The zero-order chi connectivity index (χ0) is 14.7. The van der Waals surface area contributed by atoms with Crippen LogP contribution in [0, 0.1) is 6.92 Å². The van der Waals surface area contributed by atoms with Gasteiger partial charge in [0.1, 0.15) is 0 Å². The maximum Gasteiger partial charge on any atom is 0.207 e. The summed E-state index contributed by atoms with van der Waals surface area (Å²) in [6, 6.07) is 3.72. The van der Waals surface area contributed by atoms with E-state index in [4.69, 9.17) is 9.47 Å². The Labute approximate surface area is 117 Å². The summed E-state index contributed by atoms with van der Waals surface area (Å²) in [5.41, 5.74) is 2.08. The molecular formula is C15H17NO4. The Morgan fingerprint density at radius 2 is 1.75 bits per heavy atom. The second kappa shape index (κ2) is 5.69. The number of methoxy groups -OCH3 is 2. The summed E-state index contributed by atoms with van der Waals surface area (Å²) < 4.78 is 10.2. The van der Waals surface area contributed by atoms with E-state index in [1.807, 2.05) is 12.1 Å². The third-order valence-electron chi connectivity index (χ3n) is 3.24. The summed E-state index contributed by atoms with van der Waals surface area (Å²) in [5, 5.41) is 20.5. The smallest absolute Gasteiger partial charge is 0.207 e. The molecule has 0 aliphatic rings. The Hall–Kier alpha value is -2.43. The first kappa shape index (κ1) is 14.0. The summed E-state index contributed by atoms with van der Waals surface area (Å²) in [4.78, 5) is 4.04.